The smallest absolute Gasteiger partial charge is 0.222 e. The number of hydrogen-bond donors (Lipinski definition) is 1. The summed E-state index contributed by atoms with van der Waals surface area (Å²) in [5.74, 6) is 0.372. The number of carbonyl (C=O) groups excluding carboxylic acids is 2. The van der Waals surface area contributed by atoms with Crippen molar-refractivity contribution < 1.29 is 14.7 Å². The zero-order valence-corrected chi connectivity index (χ0v) is 17.1. The molecular weight excluding hydrogens is 374 g/mol. The average Bonchev–Trinajstić information content (AvgIpc) is 3.28. The summed E-state index contributed by atoms with van der Waals surface area (Å²) >= 11 is 1.66. The number of aliphatic hydroxyl groups excluding tert-OH is 1. The topological polar surface area (TPSA) is 73.7 Å². The van der Waals surface area contributed by atoms with Gasteiger partial charge in [0.1, 0.15) is 0 Å². The van der Waals surface area contributed by atoms with Crippen LogP contribution in [0.15, 0.2) is 24.3 Å². The number of piperidine rings is 1. The van der Waals surface area contributed by atoms with Crippen molar-refractivity contribution in [2.24, 2.45) is 11.3 Å². The van der Waals surface area contributed by atoms with Crippen LogP contribution in [0.25, 0.3) is 10.2 Å². The maximum atomic E-state index is 12.7. The molecule has 0 radical (unpaired) electrons. The molecule has 1 spiro atoms. The van der Waals surface area contributed by atoms with E-state index in [4.69, 9.17) is 0 Å². The first-order valence-corrected chi connectivity index (χ1v) is 10.8. The van der Waals surface area contributed by atoms with Crippen molar-refractivity contribution in [2.75, 3.05) is 32.8 Å². The molecule has 2 aromatic rings. The molecular formula is C21H27N3O3S. The normalized spacial score (nSPS) is 21.6. The summed E-state index contributed by atoms with van der Waals surface area (Å²) in [7, 11) is 0. The number of hydrogen-bond acceptors (Lipinski definition) is 5. The molecule has 1 aromatic carbocycles. The van der Waals surface area contributed by atoms with Gasteiger partial charge in [-0.3, -0.25) is 9.59 Å². The van der Waals surface area contributed by atoms with Crippen LogP contribution >= 0.6 is 11.3 Å². The molecule has 2 aliphatic rings. The first-order valence-electron chi connectivity index (χ1n) is 9.99. The molecule has 1 atom stereocenters. The molecule has 1 N–H and O–H groups in total. The molecule has 2 amide bonds. The highest BCUT2D eigenvalue weighted by atomic mass is 32.1. The third-order valence-corrected chi connectivity index (χ3v) is 7.58. The van der Waals surface area contributed by atoms with Gasteiger partial charge in [-0.25, -0.2) is 4.98 Å². The number of benzene rings is 1. The Labute approximate surface area is 169 Å². The fraction of sp³-hybridized carbons (Fsp3) is 0.571. The van der Waals surface area contributed by atoms with Gasteiger partial charge >= 0.3 is 0 Å². The molecule has 0 saturated carbocycles. The number of rotatable bonds is 4. The minimum absolute atomic E-state index is 0.0375. The molecule has 3 heterocycles. The number of aliphatic hydroxyl groups is 1. The predicted molar refractivity (Wildman–Crippen MR) is 109 cm³/mol. The lowest BCUT2D eigenvalue weighted by molar-refractivity contribution is -0.134. The third-order valence-electron chi connectivity index (χ3n) is 6.48. The Kier molecular flexibility index (Phi) is 5.38. The number of thiazole rings is 1. The van der Waals surface area contributed by atoms with Crippen molar-refractivity contribution in [3.63, 3.8) is 0 Å². The van der Waals surface area contributed by atoms with Gasteiger partial charge in [-0.15, -0.1) is 11.3 Å². The van der Waals surface area contributed by atoms with Gasteiger partial charge in [0.2, 0.25) is 11.8 Å². The van der Waals surface area contributed by atoms with Crippen molar-refractivity contribution in [1.82, 2.24) is 14.8 Å². The molecule has 0 aliphatic carbocycles. The molecule has 6 nitrogen and oxygen atoms in total. The van der Waals surface area contributed by atoms with Gasteiger partial charge in [-0.2, -0.15) is 0 Å². The SMILES string of the molecule is CC(=O)N1CC(CO)C2(CCN(C(=O)CCc3nc4ccccc4s3)CC2)C1. The summed E-state index contributed by atoms with van der Waals surface area (Å²) in [6, 6.07) is 8.06. The van der Waals surface area contributed by atoms with Crippen molar-refractivity contribution in [3.05, 3.63) is 29.3 Å². The van der Waals surface area contributed by atoms with E-state index in [9.17, 15) is 14.7 Å². The van der Waals surface area contributed by atoms with Crippen molar-refractivity contribution in [3.8, 4) is 0 Å². The minimum atomic E-state index is -0.0375. The number of aromatic nitrogens is 1. The van der Waals surface area contributed by atoms with E-state index < -0.39 is 0 Å². The molecule has 4 rings (SSSR count). The summed E-state index contributed by atoms with van der Waals surface area (Å²) in [4.78, 5) is 32.9. The van der Waals surface area contributed by atoms with Crippen LogP contribution in [-0.2, 0) is 16.0 Å². The lowest BCUT2D eigenvalue weighted by Crippen LogP contribution is -2.47. The Bertz CT molecular complexity index is 840. The van der Waals surface area contributed by atoms with Crippen LogP contribution in [0, 0.1) is 11.3 Å². The van der Waals surface area contributed by atoms with E-state index in [2.05, 4.69) is 11.1 Å². The Balaban J connectivity index is 1.33. The van der Waals surface area contributed by atoms with E-state index in [1.807, 2.05) is 28.0 Å². The molecule has 0 bridgehead atoms. The molecule has 2 aliphatic heterocycles. The lowest BCUT2D eigenvalue weighted by Gasteiger charge is -2.42. The first kappa shape index (κ1) is 19.3. The van der Waals surface area contributed by atoms with Gasteiger partial charge in [-0.1, -0.05) is 12.1 Å². The standard InChI is InChI=1S/C21H27N3O3S/c1-15(26)24-12-16(13-25)21(14-24)8-10-23(11-9-21)20(27)7-6-19-22-17-4-2-3-5-18(17)28-19/h2-5,16,25H,6-14H2,1H3. The fourth-order valence-electron chi connectivity index (χ4n) is 4.69. The van der Waals surface area contributed by atoms with E-state index in [1.54, 1.807) is 18.3 Å². The summed E-state index contributed by atoms with van der Waals surface area (Å²) in [6.45, 7) is 4.46. The largest absolute Gasteiger partial charge is 0.396 e. The second-order valence-electron chi connectivity index (χ2n) is 8.10. The summed E-state index contributed by atoms with van der Waals surface area (Å²) in [5.41, 5.74) is 0.964. The van der Waals surface area contributed by atoms with E-state index in [0.29, 0.717) is 39.0 Å². The van der Waals surface area contributed by atoms with Gasteiger partial charge < -0.3 is 14.9 Å². The number of nitrogens with zero attached hydrogens (tertiary/aromatic N) is 3. The number of aryl methyl sites for hydroxylation is 1. The lowest BCUT2D eigenvalue weighted by atomic mass is 9.71. The molecule has 1 unspecified atom stereocenters. The van der Waals surface area contributed by atoms with Crippen LogP contribution in [0.5, 0.6) is 0 Å². The Morgan fingerprint density at radius 2 is 2.00 bits per heavy atom. The highest BCUT2D eigenvalue weighted by molar-refractivity contribution is 7.18. The van der Waals surface area contributed by atoms with E-state index >= 15 is 0 Å². The fourth-order valence-corrected chi connectivity index (χ4v) is 5.66. The third kappa shape index (κ3) is 3.65. The van der Waals surface area contributed by atoms with Gasteiger partial charge in [0.15, 0.2) is 0 Å². The van der Waals surface area contributed by atoms with Crippen LogP contribution in [-0.4, -0.2) is 64.5 Å². The summed E-state index contributed by atoms with van der Waals surface area (Å²) in [6.07, 6.45) is 2.87. The first-order chi connectivity index (χ1) is 13.5. The second-order valence-corrected chi connectivity index (χ2v) is 9.21. The molecule has 1 aromatic heterocycles. The minimum Gasteiger partial charge on any atom is -0.396 e. The van der Waals surface area contributed by atoms with Gasteiger partial charge in [-0.05, 0) is 30.4 Å². The maximum absolute atomic E-state index is 12.7. The highest BCUT2D eigenvalue weighted by Crippen LogP contribution is 2.44. The van der Waals surface area contributed by atoms with Gasteiger partial charge in [0, 0.05) is 58.5 Å². The molecule has 28 heavy (non-hydrogen) atoms. The Morgan fingerprint density at radius 1 is 1.25 bits per heavy atom. The van der Waals surface area contributed by atoms with Crippen LogP contribution in [0.3, 0.4) is 0 Å². The molecule has 2 fully saturated rings. The van der Waals surface area contributed by atoms with Crippen molar-refractivity contribution >= 4 is 33.4 Å². The van der Waals surface area contributed by atoms with Crippen LogP contribution < -0.4 is 0 Å². The summed E-state index contributed by atoms with van der Waals surface area (Å²) in [5, 5.41) is 10.8. The number of carbonyl (C=O) groups is 2. The number of fused-ring (bicyclic) bond motifs is 1. The van der Waals surface area contributed by atoms with Gasteiger partial charge in [0.05, 0.1) is 15.2 Å². The zero-order valence-electron chi connectivity index (χ0n) is 16.3. The van der Waals surface area contributed by atoms with E-state index in [1.165, 1.54) is 0 Å². The maximum Gasteiger partial charge on any atom is 0.222 e. The predicted octanol–water partition coefficient (Wildman–Crippen LogP) is 2.31. The zero-order chi connectivity index (χ0) is 19.7. The quantitative estimate of drug-likeness (QED) is 0.853. The molecule has 150 valence electrons. The van der Waals surface area contributed by atoms with Crippen LogP contribution in [0.1, 0.15) is 31.2 Å². The monoisotopic (exact) mass is 401 g/mol. The van der Waals surface area contributed by atoms with Crippen LogP contribution in [0.2, 0.25) is 0 Å². The van der Waals surface area contributed by atoms with Crippen molar-refractivity contribution in [2.45, 2.75) is 32.6 Å². The summed E-state index contributed by atoms with van der Waals surface area (Å²) < 4.78 is 1.16. The van der Waals surface area contributed by atoms with E-state index in [0.717, 1.165) is 28.1 Å². The Hall–Kier alpha value is -1.99. The molecule has 7 heteroatoms. The van der Waals surface area contributed by atoms with Crippen LogP contribution in [0.4, 0.5) is 0 Å². The second kappa shape index (κ2) is 7.79. The average molecular weight is 402 g/mol. The number of para-hydroxylation sites is 1. The number of likely N-dealkylation sites (tertiary alicyclic amines) is 2. The van der Waals surface area contributed by atoms with Gasteiger partial charge in [0.25, 0.3) is 0 Å². The Morgan fingerprint density at radius 3 is 2.68 bits per heavy atom. The molecule has 2 saturated heterocycles. The highest BCUT2D eigenvalue weighted by Gasteiger charge is 2.48. The van der Waals surface area contributed by atoms with E-state index in [-0.39, 0.29) is 29.8 Å². The number of amides is 2. The van der Waals surface area contributed by atoms with Crippen molar-refractivity contribution in [1.29, 1.82) is 0 Å².